The number of carboxylic acid groups (broad SMARTS) is 1. The normalized spacial score (nSPS) is 27.6. The van der Waals surface area contributed by atoms with Gasteiger partial charge in [-0.1, -0.05) is 72.3 Å². The van der Waals surface area contributed by atoms with Gasteiger partial charge in [0.1, 0.15) is 0 Å². The molecule has 2 N–H and O–H groups in total. The number of ether oxygens (including phenoxy) is 1. The van der Waals surface area contributed by atoms with Gasteiger partial charge in [-0.25, -0.2) is 0 Å². The maximum absolute atomic E-state index is 15.1. The fraction of sp³-hybridized carbons (Fsp3) is 0.308. The lowest BCUT2D eigenvalue weighted by atomic mass is 9.44. The van der Waals surface area contributed by atoms with Gasteiger partial charge in [0.2, 0.25) is 11.8 Å². The first-order valence-electron chi connectivity index (χ1n) is 16.3. The third-order valence-electron chi connectivity index (χ3n) is 10.8. The van der Waals surface area contributed by atoms with Gasteiger partial charge in [-0.2, -0.15) is 0 Å². The van der Waals surface area contributed by atoms with Crippen molar-refractivity contribution in [3.8, 4) is 11.5 Å². The van der Waals surface area contributed by atoms with Crippen LogP contribution in [-0.2, 0) is 29.4 Å². The van der Waals surface area contributed by atoms with E-state index in [1.165, 1.54) is 18.1 Å². The Hall–Kier alpha value is -4.58. The predicted octanol–water partition coefficient (Wildman–Crippen LogP) is 5.69. The molecular formula is C39H34INO8. The number of aliphatic carboxylic acids is 1. The van der Waals surface area contributed by atoms with Crippen LogP contribution >= 0.6 is 22.6 Å². The highest BCUT2D eigenvalue weighted by atomic mass is 127. The molecule has 3 aliphatic carbocycles. The monoisotopic (exact) mass is 771 g/mol. The summed E-state index contributed by atoms with van der Waals surface area (Å²) in [5.74, 6) is -5.58. The molecule has 1 saturated carbocycles. The number of hydrogen-bond acceptors (Lipinski definition) is 7. The van der Waals surface area contributed by atoms with Gasteiger partial charge in [-0.05, 0) is 82.7 Å². The number of halogens is 1. The smallest absolute Gasteiger partial charge is 0.303 e. The van der Waals surface area contributed by atoms with Crippen molar-refractivity contribution in [1.82, 2.24) is 4.90 Å². The van der Waals surface area contributed by atoms with Crippen LogP contribution in [0.5, 0.6) is 11.5 Å². The second kappa shape index (κ2) is 12.7. The third kappa shape index (κ3) is 5.14. The number of carbonyl (C=O) groups excluding carboxylic acids is 4. The molecule has 10 heteroatoms. The van der Waals surface area contributed by atoms with E-state index in [-0.39, 0.29) is 67.1 Å². The molecule has 0 unspecified atom stereocenters. The summed E-state index contributed by atoms with van der Waals surface area (Å²) in [6.45, 7) is 0.00545. The number of benzene rings is 3. The number of carboxylic acids is 1. The fourth-order valence-electron chi connectivity index (χ4n) is 8.84. The van der Waals surface area contributed by atoms with Gasteiger partial charge in [0.25, 0.3) is 0 Å². The van der Waals surface area contributed by atoms with Crippen molar-refractivity contribution in [2.24, 2.45) is 23.7 Å². The summed E-state index contributed by atoms with van der Waals surface area (Å²) in [6.07, 6.45) is 3.85. The lowest BCUT2D eigenvalue weighted by Gasteiger charge is -2.55. The van der Waals surface area contributed by atoms with E-state index >= 15 is 4.79 Å². The zero-order chi connectivity index (χ0) is 34.6. The number of aromatic hydroxyl groups is 1. The number of fused-ring (bicyclic) bond motifs is 4. The predicted molar refractivity (Wildman–Crippen MR) is 188 cm³/mol. The topological polar surface area (TPSA) is 138 Å². The molecule has 9 nitrogen and oxygen atoms in total. The number of likely N-dealkylation sites (tertiary alicyclic amines) is 1. The minimum atomic E-state index is -1.40. The van der Waals surface area contributed by atoms with E-state index in [0.717, 1.165) is 5.57 Å². The van der Waals surface area contributed by atoms with E-state index in [4.69, 9.17) is 4.74 Å². The molecule has 7 rings (SSSR count). The molecule has 0 radical (unpaired) electrons. The molecule has 0 bridgehead atoms. The Morgan fingerprint density at radius 1 is 0.980 bits per heavy atom. The molecule has 0 aromatic heterocycles. The molecule has 1 heterocycles. The summed E-state index contributed by atoms with van der Waals surface area (Å²) in [5, 5.41) is 20.0. The first-order valence-corrected chi connectivity index (χ1v) is 17.4. The summed E-state index contributed by atoms with van der Waals surface area (Å²) in [6, 6.07) is 21.9. The van der Waals surface area contributed by atoms with Crippen LogP contribution in [0.1, 0.15) is 48.3 Å². The van der Waals surface area contributed by atoms with Crippen LogP contribution in [-0.4, -0.2) is 58.1 Å². The zero-order valence-corrected chi connectivity index (χ0v) is 28.8. The number of imide groups is 1. The van der Waals surface area contributed by atoms with Crippen LogP contribution in [0.2, 0.25) is 0 Å². The second-order valence-corrected chi connectivity index (χ2v) is 14.3. The molecular weight excluding hydrogens is 737 g/mol. The molecule has 3 aromatic carbocycles. The molecule has 1 aliphatic heterocycles. The molecule has 2 amide bonds. The molecule has 6 atom stereocenters. The van der Waals surface area contributed by atoms with Crippen molar-refractivity contribution in [3.63, 3.8) is 0 Å². The van der Waals surface area contributed by atoms with Crippen LogP contribution in [0.3, 0.4) is 0 Å². The number of hydrogen-bond donors (Lipinski definition) is 2. The summed E-state index contributed by atoms with van der Waals surface area (Å²) >= 11 is 2.02. The van der Waals surface area contributed by atoms with Gasteiger partial charge in [0, 0.05) is 30.4 Å². The maximum Gasteiger partial charge on any atom is 0.303 e. The van der Waals surface area contributed by atoms with E-state index in [1.54, 1.807) is 24.3 Å². The Labute approximate surface area is 296 Å². The minimum Gasteiger partial charge on any atom is -0.504 e. The zero-order valence-electron chi connectivity index (χ0n) is 26.7. The Balaban J connectivity index is 1.46. The first-order chi connectivity index (χ1) is 23.6. The number of methoxy groups -OCH3 is 1. The molecule has 3 aromatic rings. The van der Waals surface area contributed by atoms with Crippen molar-refractivity contribution in [2.75, 3.05) is 13.7 Å². The Morgan fingerprint density at radius 3 is 2.35 bits per heavy atom. The van der Waals surface area contributed by atoms with E-state index < -0.39 is 41.0 Å². The van der Waals surface area contributed by atoms with Crippen LogP contribution in [0.15, 0.2) is 90.5 Å². The minimum absolute atomic E-state index is 0.00545. The molecule has 0 spiro atoms. The van der Waals surface area contributed by atoms with Gasteiger partial charge >= 0.3 is 5.97 Å². The van der Waals surface area contributed by atoms with Crippen molar-refractivity contribution in [1.29, 1.82) is 0 Å². The maximum atomic E-state index is 15.1. The summed E-state index contributed by atoms with van der Waals surface area (Å²) in [7, 11) is 1.45. The lowest BCUT2D eigenvalue weighted by Crippen LogP contribution is -2.58. The highest BCUT2D eigenvalue weighted by Gasteiger charge is 2.65. The molecule has 4 aliphatic rings. The van der Waals surface area contributed by atoms with E-state index in [9.17, 15) is 29.4 Å². The number of phenolic OH excluding ortho intramolecular Hbond substituents is 1. The average Bonchev–Trinajstić information content (AvgIpc) is 3.35. The van der Waals surface area contributed by atoms with E-state index in [0.29, 0.717) is 25.8 Å². The van der Waals surface area contributed by atoms with Gasteiger partial charge in [-0.3, -0.25) is 28.9 Å². The summed E-state index contributed by atoms with van der Waals surface area (Å²) < 4.78 is 6.07. The largest absolute Gasteiger partial charge is 0.504 e. The van der Waals surface area contributed by atoms with Gasteiger partial charge in [0.15, 0.2) is 23.1 Å². The van der Waals surface area contributed by atoms with E-state index in [1.807, 2.05) is 77.2 Å². The number of carbonyl (C=O) groups is 5. The summed E-state index contributed by atoms with van der Waals surface area (Å²) in [5.41, 5.74) is 1.65. The van der Waals surface area contributed by atoms with Crippen LogP contribution in [0.4, 0.5) is 0 Å². The lowest BCUT2D eigenvalue weighted by molar-refractivity contribution is -0.142. The molecule has 250 valence electrons. The van der Waals surface area contributed by atoms with Gasteiger partial charge < -0.3 is 14.9 Å². The van der Waals surface area contributed by atoms with Crippen LogP contribution in [0.25, 0.3) is 5.57 Å². The number of rotatable bonds is 8. The quantitative estimate of drug-likeness (QED) is 0.169. The summed E-state index contributed by atoms with van der Waals surface area (Å²) in [4.78, 5) is 70.3. The Bertz CT molecular complexity index is 1950. The number of Topliss-reactive ketones (excluding diaryl/α,β-unsaturated/α-hetero) is 1. The number of ketones is 2. The van der Waals surface area contributed by atoms with Crippen molar-refractivity contribution in [2.45, 2.75) is 37.0 Å². The average molecular weight is 772 g/mol. The van der Waals surface area contributed by atoms with Crippen molar-refractivity contribution >= 4 is 57.5 Å². The van der Waals surface area contributed by atoms with E-state index in [2.05, 4.69) is 0 Å². The Morgan fingerprint density at radius 2 is 1.67 bits per heavy atom. The SMILES string of the molecule is COc1cc([C@H]2C3=CC[C@@H]4C(=O)N(CCCC(=O)O)C(=O)[C@@H]4[C@@H]3C[C@H]3C(=O)C(c4ccccc4)=CC(=O)[C@@]23c2ccccc2)cc(I)c1O. The third-order valence-corrected chi connectivity index (χ3v) is 11.7. The highest BCUT2D eigenvalue weighted by Crippen LogP contribution is 2.64. The van der Waals surface area contributed by atoms with Crippen LogP contribution in [0, 0.1) is 27.2 Å². The molecule has 1 saturated heterocycles. The highest BCUT2D eigenvalue weighted by molar-refractivity contribution is 14.1. The number of nitrogens with zero attached hydrogens (tertiary/aromatic N) is 1. The Kier molecular flexibility index (Phi) is 8.54. The fourth-order valence-corrected chi connectivity index (χ4v) is 9.46. The second-order valence-electron chi connectivity index (χ2n) is 13.2. The van der Waals surface area contributed by atoms with Gasteiger partial charge in [-0.15, -0.1) is 0 Å². The first kappa shape index (κ1) is 32.9. The number of amides is 2. The number of phenols is 1. The van der Waals surface area contributed by atoms with Crippen molar-refractivity contribution < 1.29 is 38.9 Å². The van der Waals surface area contributed by atoms with Crippen LogP contribution < -0.4 is 4.74 Å². The molecule has 49 heavy (non-hydrogen) atoms. The number of allylic oxidation sites excluding steroid dienone is 4. The molecule has 2 fully saturated rings. The van der Waals surface area contributed by atoms with Gasteiger partial charge in [0.05, 0.1) is 27.9 Å². The standard InChI is InChI=1S/C39H34INO8/c1-49-30-18-22(17-29(40)36(30)46)34-24-14-15-25-33(38(48)41(37(25)47)16-8-13-32(43)44)27(24)19-28-35(45)26(21-9-4-2-5-10-21)20-31(42)39(28,34)23-11-6-3-7-12-23/h2-7,9-12,14,17-18,20,25,27-28,33-34,46H,8,13,15-16,19H2,1H3,(H,43,44)/t25-,27+,28-,33-,34-,39-/m0/s1. The van der Waals surface area contributed by atoms with Crippen molar-refractivity contribution in [3.05, 3.63) is 111 Å².